The molecule has 3 aromatic rings. The van der Waals surface area contributed by atoms with Gasteiger partial charge in [-0.05, 0) is 55.2 Å². The summed E-state index contributed by atoms with van der Waals surface area (Å²) in [6.45, 7) is 7.57. The Morgan fingerprint density at radius 1 is 1.16 bits per heavy atom. The predicted molar refractivity (Wildman–Crippen MR) is 119 cm³/mol. The van der Waals surface area contributed by atoms with Crippen LogP contribution in [0, 0.1) is 19.8 Å². The van der Waals surface area contributed by atoms with Crippen LogP contribution in [0.25, 0.3) is 11.4 Å². The molecule has 0 bridgehead atoms. The molecule has 0 aliphatic heterocycles. The minimum absolute atomic E-state index is 0.0200. The fourth-order valence-electron chi connectivity index (χ4n) is 3.00. The summed E-state index contributed by atoms with van der Waals surface area (Å²) >= 11 is 0. The van der Waals surface area contributed by atoms with E-state index < -0.39 is 16.1 Å². The summed E-state index contributed by atoms with van der Waals surface area (Å²) < 4.78 is 32.8. The number of nitrogens with zero attached hydrogens (tertiary/aromatic N) is 3. The number of carbonyl (C=O) groups excluding carboxylic acids is 1. The van der Waals surface area contributed by atoms with Gasteiger partial charge in [0.2, 0.25) is 27.6 Å². The Morgan fingerprint density at radius 2 is 1.94 bits per heavy atom. The monoisotopic (exact) mass is 457 g/mol. The van der Waals surface area contributed by atoms with Crippen molar-refractivity contribution < 1.29 is 17.7 Å². The van der Waals surface area contributed by atoms with Gasteiger partial charge in [0, 0.05) is 30.9 Å². The molecule has 10 heteroatoms. The van der Waals surface area contributed by atoms with E-state index >= 15 is 0 Å². The summed E-state index contributed by atoms with van der Waals surface area (Å²) in [4.78, 5) is 21.1. The van der Waals surface area contributed by atoms with Crippen LogP contribution in [0.1, 0.15) is 43.3 Å². The maximum absolute atomic E-state index is 12.5. The largest absolute Gasteiger partial charge is 0.344 e. The number of sulfonamides is 1. The van der Waals surface area contributed by atoms with Gasteiger partial charge in [-0.3, -0.25) is 9.78 Å². The molecular weight excluding hydrogens is 430 g/mol. The lowest BCUT2D eigenvalue weighted by molar-refractivity contribution is -0.122. The predicted octanol–water partition coefficient (Wildman–Crippen LogP) is 2.93. The van der Waals surface area contributed by atoms with Crippen LogP contribution in [-0.4, -0.2) is 36.0 Å². The van der Waals surface area contributed by atoms with Crippen molar-refractivity contribution in [1.82, 2.24) is 25.2 Å². The van der Waals surface area contributed by atoms with Gasteiger partial charge in [-0.1, -0.05) is 25.1 Å². The first-order chi connectivity index (χ1) is 15.2. The number of hydrogen-bond acceptors (Lipinski definition) is 7. The van der Waals surface area contributed by atoms with Gasteiger partial charge in [0.15, 0.2) is 0 Å². The van der Waals surface area contributed by atoms with Crippen molar-refractivity contribution in [3.63, 3.8) is 0 Å². The van der Waals surface area contributed by atoms with E-state index in [1.165, 1.54) is 0 Å². The number of pyridine rings is 1. The number of carbonyl (C=O) groups is 1. The Bertz CT molecular complexity index is 1180. The average molecular weight is 458 g/mol. The molecule has 0 spiro atoms. The van der Waals surface area contributed by atoms with E-state index in [4.69, 9.17) is 4.52 Å². The normalized spacial score (nSPS) is 12.7. The lowest BCUT2D eigenvalue weighted by Crippen LogP contribution is -2.35. The molecular formula is C22H27N5O4S. The molecule has 0 saturated heterocycles. The quantitative estimate of drug-likeness (QED) is 0.506. The number of benzene rings is 1. The molecule has 0 aliphatic carbocycles. The molecule has 1 aromatic carbocycles. The van der Waals surface area contributed by atoms with Crippen molar-refractivity contribution in [1.29, 1.82) is 0 Å². The highest BCUT2D eigenvalue weighted by Gasteiger charge is 2.25. The highest BCUT2D eigenvalue weighted by Crippen LogP contribution is 2.23. The maximum Gasteiger partial charge on any atom is 0.249 e. The molecule has 0 fully saturated rings. The Hall–Kier alpha value is -3.11. The van der Waals surface area contributed by atoms with Crippen molar-refractivity contribution >= 4 is 15.9 Å². The van der Waals surface area contributed by atoms with Crippen LogP contribution in [0.4, 0.5) is 0 Å². The van der Waals surface area contributed by atoms with Crippen molar-refractivity contribution in [3.05, 3.63) is 59.7 Å². The maximum atomic E-state index is 12.5. The molecule has 0 radical (unpaired) electrons. The Kier molecular flexibility index (Phi) is 7.37. The number of amides is 1. The molecule has 2 heterocycles. The third-order valence-electron chi connectivity index (χ3n) is 5.04. The minimum Gasteiger partial charge on any atom is -0.344 e. The Labute approximate surface area is 187 Å². The Morgan fingerprint density at radius 3 is 2.59 bits per heavy atom. The summed E-state index contributed by atoms with van der Waals surface area (Å²) in [6.07, 6.45) is 3.24. The summed E-state index contributed by atoms with van der Waals surface area (Å²) in [6, 6.07) is 8.00. The second-order valence-corrected chi connectivity index (χ2v) is 9.65. The van der Waals surface area contributed by atoms with Crippen LogP contribution in [0.15, 0.2) is 52.1 Å². The summed E-state index contributed by atoms with van der Waals surface area (Å²) in [5.74, 6) is 0.318. The molecule has 1 atom stereocenters. The number of aromatic nitrogens is 3. The van der Waals surface area contributed by atoms with E-state index in [1.54, 1.807) is 36.7 Å². The summed E-state index contributed by atoms with van der Waals surface area (Å²) in [5, 5.41) is 6.82. The lowest BCUT2D eigenvalue weighted by atomic mass is 10.0. The Balaban J connectivity index is 1.60. The standard InChI is InChI=1S/C22H27N5O4S/c1-14(2)20(22-26-21(27-31-22)17-6-5-10-23-13-17)25-19(28)9-11-24-32(29,30)18-8-7-15(3)16(4)12-18/h5-8,10,12-14,20,24H,9,11H2,1-4H3,(H,25,28). The first-order valence-corrected chi connectivity index (χ1v) is 11.8. The SMILES string of the molecule is Cc1ccc(S(=O)(=O)NCCC(=O)NC(c2nc(-c3cccnc3)no2)C(C)C)cc1C. The topological polar surface area (TPSA) is 127 Å². The number of hydrogen-bond donors (Lipinski definition) is 2. The van der Waals surface area contributed by atoms with Gasteiger partial charge in [-0.2, -0.15) is 4.98 Å². The van der Waals surface area contributed by atoms with Gasteiger partial charge in [0.25, 0.3) is 0 Å². The number of rotatable bonds is 9. The average Bonchev–Trinajstić information content (AvgIpc) is 3.24. The lowest BCUT2D eigenvalue weighted by Gasteiger charge is -2.18. The third kappa shape index (κ3) is 5.77. The fraction of sp³-hybridized carbons (Fsp3) is 0.364. The summed E-state index contributed by atoms with van der Waals surface area (Å²) in [5.41, 5.74) is 2.60. The van der Waals surface area contributed by atoms with Crippen molar-refractivity contribution in [2.45, 2.75) is 45.1 Å². The number of aryl methyl sites for hydroxylation is 2. The fourth-order valence-corrected chi connectivity index (χ4v) is 4.11. The smallest absolute Gasteiger partial charge is 0.249 e. The molecule has 0 saturated carbocycles. The van der Waals surface area contributed by atoms with Gasteiger partial charge >= 0.3 is 0 Å². The van der Waals surface area contributed by atoms with Gasteiger partial charge in [0.1, 0.15) is 6.04 Å². The first-order valence-electron chi connectivity index (χ1n) is 10.3. The second kappa shape index (κ2) is 10.0. The van der Waals surface area contributed by atoms with Crippen LogP contribution in [-0.2, 0) is 14.8 Å². The van der Waals surface area contributed by atoms with Crippen LogP contribution >= 0.6 is 0 Å². The van der Waals surface area contributed by atoms with Crippen LogP contribution < -0.4 is 10.0 Å². The first kappa shape index (κ1) is 23.6. The summed E-state index contributed by atoms with van der Waals surface area (Å²) in [7, 11) is -3.70. The minimum atomic E-state index is -3.70. The molecule has 170 valence electrons. The van der Waals surface area contributed by atoms with Crippen molar-refractivity contribution in [2.24, 2.45) is 5.92 Å². The van der Waals surface area contributed by atoms with Gasteiger partial charge in [-0.25, -0.2) is 13.1 Å². The zero-order valence-corrected chi connectivity index (χ0v) is 19.3. The zero-order chi connectivity index (χ0) is 23.3. The van der Waals surface area contributed by atoms with E-state index in [9.17, 15) is 13.2 Å². The van der Waals surface area contributed by atoms with Gasteiger partial charge in [0.05, 0.1) is 4.90 Å². The van der Waals surface area contributed by atoms with Crippen LogP contribution in [0.5, 0.6) is 0 Å². The molecule has 1 amide bonds. The third-order valence-corrected chi connectivity index (χ3v) is 6.50. The van der Waals surface area contributed by atoms with E-state index in [-0.39, 0.29) is 35.6 Å². The second-order valence-electron chi connectivity index (χ2n) is 7.88. The molecule has 32 heavy (non-hydrogen) atoms. The van der Waals surface area contributed by atoms with E-state index in [0.717, 1.165) is 11.1 Å². The van der Waals surface area contributed by atoms with E-state index in [1.807, 2.05) is 33.8 Å². The zero-order valence-electron chi connectivity index (χ0n) is 18.5. The van der Waals surface area contributed by atoms with E-state index in [0.29, 0.717) is 11.4 Å². The molecule has 2 aromatic heterocycles. The van der Waals surface area contributed by atoms with Gasteiger partial charge < -0.3 is 9.84 Å². The molecule has 2 N–H and O–H groups in total. The molecule has 9 nitrogen and oxygen atoms in total. The van der Waals surface area contributed by atoms with Gasteiger partial charge in [-0.15, -0.1) is 0 Å². The van der Waals surface area contributed by atoms with Crippen molar-refractivity contribution in [3.8, 4) is 11.4 Å². The highest BCUT2D eigenvalue weighted by molar-refractivity contribution is 7.89. The van der Waals surface area contributed by atoms with E-state index in [2.05, 4.69) is 25.2 Å². The highest BCUT2D eigenvalue weighted by atomic mass is 32.2. The molecule has 0 aliphatic rings. The van der Waals surface area contributed by atoms with Crippen molar-refractivity contribution in [2.75, 3.05) is 6.54 Å². The number of nitrogens with one attached hydrogen (secondary N) is 2. The van der Waals surface area contributed by atoms with Crippen LogP contribution in [0.2, 0.25) is 0 Å². The van der Waals surface area contributed by atoms with Crippen LogP contribution in [0.3, 0.4) is 0 Å². The molecule has 3 rings (SSSR count). The molecule has 1 unspecified atom stereocenters.